The van der Waals surface area contributed by atoms with Crippen LogP contribution in [0.25, 0.3) is 0 Å². The van der Waals surface area contributed by atoms with E-state index in [1.54, 1.807) is 19.3 Å². The summed E-state index contributed by atoms with van der Waals surface area (Å²) < 4.78 is 0. The maximum absolute atomic E-state index is 9.78. The van der Waals surface area contributed by atoms with Crippen molar-refractivity contribution in [3.63, 3.8) is 0 Å². The van der Waals surface area contributed by atoms with Crippen LogP contribution in [0.3, 0.4) is 0 Å². The molecule has 0 saturated heterocycles. The first-order valence-electron chi connectivity index (χ1n) is 2.91. The van der Waals surface area contributed by atoms with Gasteiger partial charge in [0, 0.05) is 12.4 Å². The fourth-order valence-corrected chi connectivity index (χ4v) is 0.646. The minimum Gasteiger partial charge on any atom is -0.347 e. The first-order valence-corrected chi connectivity index (χ1v) is 2.91. The van der Waals surface area contributed by atoms with E-state index < -0.39 is 0 Å². The second-order valence-corrected chi connectivity index (χ2v) is 1.87. The number of hydrogen-bond acceptors (Lipinski definition) is 3. The number of nitrogens with zero attached hydrogens (tertiary/aromatic N) is 2. The Morgan fingerprint density at radius 1 is 1.90 bits per heavy atom. The Balaban J connectivity index is 2.76. The molecule has 0 aromatic carbocycles. The van der Waals surface area contributed by atoms with Gasteiger partial charge in [-0.2, -0.15) is 4.99 Å². The van der Waals surface area contributed by atoms with Crippen molar-refractivity contribution in [1.29, 1.82) is 0 Å². The molecule has 1 atom stereocenters. The molecule has 0 saturated carbocycles. The number of carbonyl (C=O) groups excluding carboxylic acids is 1. The average Bonchev–Trinajstić information content (AvgIpc) is 2.38. The fraction of sp³-hybridized carbons (Fsp3) is 0.333. The number of nitrogens with one attached hydrogen (secondary N) is 1. The fourth-order valence-electron chi connectivity index (χ4n) is 0.646. The van der Waals surface area contributed by atoms with Gasteiger partial charge in [-0.3, -0.25) is 0 Å². The lowest BCUT2D eigenvalue weighted by molar-refractivity contribution is 0.558. The van der Waals surface area contributed by atoms with Gasteiger partial charge in [-0.1, -0.05) is 0 Å². The lowest BCUT2D eigenvalue weighted by Gasteiger charge is -1.95. The van der Waals surface area contributed by atoms with Gasteiger partial charge in [0.15, 0.2) is 0 Å². The molecular weight excluding hydrogens is 130 g/mol. The van der Waals surface area contributed by atoms with Crippen LogP contribution >= 0.6 is 0 Å². The van der Waals surface area contributed by atoms with E-state index in [0.717, 1.165) is 0 Å². The van der Waals surface area contributed by atoms with E-state index in [2.05, 4.69) is 15.0 Å². The quantitative estimate of drug-likeness (QED) is 0.484. The topological polar surface area (TPSA) is 58.1 Å². The summed E-state index contributed by atoms with van der Waals surface area (Å²) in [7, 11) is 0. The minimum absolute atomic E-state index is 0.215. The smallest absolute Gasteiger partial charge is 0.235 e. The monoisotopic (exact) mass is 137 g/mol. The molecule has 0 aliphatic carbocycles. The molecule has 1 aromatic rings. The Morgan fingerprint density at radius 2 is 2.70 bits per heavy atom. The number of aliphatic imine (C=N–C) groups is 1. The molecule has 1 unspecified atom stereocenters. The van der Waals surface area contributed by atoms with Crippen LogP contribution in [0.1, 0.15) is 18.8 Å². The number of aromatic nitrogens is 2. The third-order valence-corrected chi connectivity index (χ3v) is 1.16. The molecule has 4 heteroatoms. The predicted molar refractivity (Wildman–Crippen MR) is 35.1 cm³/mol. The van der Waals surface area contributed by atoms with Crippen molar-refractivity contribution in [3.05, 3.63) is 18.2 Å². The highest BCUT2D eigenvalue weighted by Crippen LogP contribution is 2.08. The lowest BCUT2D eigenvalue weighted by Crippen LogP contribution is -1.90. The molecule has 10 heavy (non-hydrogen) atoms. The third-order valence-electron chi connectivity index (χ3n) is 1.16. The summed E-state index contributed by atoms with van der Waals surface area (Å²) >= 11 is 0. The van der Waals surface area contributed by atoms with Gasteiger partial charge < -0.3 is 4.98 Å². The van der Waals surface area contributed by atoms with Crippen LogP contribution in [-0.4, -0.2) is 16.0 Å². The molecule has 0 fully saturated rings. The summed E-state index contributed by atoms with van der Waals surface area (Å²) in [4.78, 5) is 20.0. The van der Waals surface area contributed by atoms with Crippen molar-refractivity contribution in [2.24, 2.45) is 4.99 Å². The van der Waals surface area contributed by atoms with Gasteiger partial charge in [0.25, 0.3) is 0 Å². The van der Waals surface area contributed by atoms with Gasteiger partial charge in [0.05, 0.1) is 0 Å². The van der Waals surface area contributed by atoms with E-state index in [4.69, 9.17) is 0 Å². The Bertz CT molecular complexity index is 236. The van der Waals surface area contributed by atoms with E-state index in [1.807, 2.05) is 0 Å². The number of aromatic amines is 1. The zero-order chi connectivity index (χ0) is 7.40. The summed E-state index contributed by atoms with van der Waals surface area (Å²) in [5.74, 6) is 0.684. The molecule has 1 rings (SSSR count). The summed E-state index contributed by atoms with van der Waals surface area (Å²) in [5.41, 5.74) is 0. The number of rotatable bonds is 2. The summed E-state index contributed by atoms with van der Waals surface area (Å²) in [5, 5.41) is 0. The molecule has 1 N–H and O–H groups in total. The zero-order valence-electron chi connectivity index (χ0n) is 5.53. The van der Waals surface area contributed by atoms with Crippen molar-refractivity contribution in [2.45, 2.75) is 13.0 Å². The Kier molecular flexibility index (Phi) is 1.97. The molecule has 4 nitrogen and oxygen atoms in total. The zero-order valence-corrected chi connectivity index (χ0v) is 5.53. The van der Waals surface area contributed by atoms with Crippen molar-refractivity contribution in [1.82, 2.24) is 9.97 Å². The molecular formula is C6H7N3O. The summed E-state index contributed by atoms with van der Waals surface area (Å²) in [6.45, 7) is 1.77. The van der Waals surface area contributed by atoms with Crippen molar-refractivity contribution >= 4 is 6.08 Å². The second kappa shape index (κ2) is 2.94. The standard InChI is InChI=1S/C6H7N3O/c1-5(9-4-10)6-7-2-3-8-6/h2-3,5H,1H3,(H,7,8). The Morgan fingerprint density at radius 3 is 3.20 bits per heavy atom. The number of imidazole rings is 1. The highest BCUT2D eigenvalue weighted by Gasteiger charge is 2.02. The van der Waals surface area contributed by atoms with Crippen LogP contribution in [0.15, 0.2) is 17.4 Å². The molecule has 1 aromatic heterocycles. The van der Waals surface area contributed by atoms with E-state index >= 15 is 0 Å². The van der Waals surface area contributed by atoms with Crippen LogP contribution in [0, 0.1) is 0 Å². The Labute approximate surface area is 58.0 Å². The first kappa shape index (κ1) is 6.71. The molecule has 0 radical (unpaired) electrons. The van der Waals surface area contributed by atoms with E-state index in [0.29, 0.717) is 5.82 Å². The van der Waals surface area contributed by atoms with Crippen LogP contribution in [-0.2, 0) is 4.79 Å². The molecule has 0 amide bonds. The maximum atomic E-state index is 9.78. The largest absolute Gasteiger partial charge is 0.347 e. The number of isocyanates is 1. The maximum Gasteiger partial charge on any atom is 0.235 e. The predicted octanol–water partition coefficient (Wildman–Crippen LogP) is 0.806. The van der Waals surface area contributed by atoms with Gasteiger partial charge in [0.2, 0.25) is 6.08 Å². The molecule has 0 spiro atoms. The normalized spacial score (nSPS) is 12.1. The summed E-state index contributed by atoms with van der Waals surface area (Å²) in [6.07, 6.45) is 4.77. The summed E-state index contributed by atoms with van der Waals surface area (Å²) in [6, 6.07) is -0.215. The van der Waals surface area contributed by atoms with E-state index in [9.17, 15) is 4.79 Å². The number of hydrogen-bond donors (Lipinski definition) is 1. The molecule has 0 aliphatic heterocycles. The average molecular weight is 137 g/mol. The minimum atomic E-state index is -0.215. The van der Waals surface area contributed by atoms with Gasteiger partial charge in [-0.15, -0.1) is 0 Å². The SMILES string of the molecule is CC(N=C=O)c1ncc[nH]1. The Hall–Kier alpha value is -1.41. The molecule has 0 aliphatic rings. The van der Waals surface area contributed by atoms with Crippen molar-refractivity contribution < 1.29 is 4.79 Å². The van der Waals surface area contributed by atoms with Gasteiger partial charge in [-0.05, 0) is 6.92 Å². The van der Waals surface area contributed by atoms with Gasteiger partial charge in [0.1, 0.15) is 11.9 Å². The van der Waals surface area contributed by atoms with Crippen LogP contribution in [0.2, 0.25) is 0 Å². The van der Waals surface area contributed by atoms with Gasteiger partial charge >= 0.3 is 0 Å². The van der Waals surface area contributed by atoms with E-state index in [-0.39, 0.29) is 6.04 Å². The van der Waals surface area contributed by atoms with Gasteiger partial charge in [-0.25, -0.2) is 9.78 Å². The number of H-pyrrole nitrogens is 1. The van der Waals surface area contributed by atoms with E-state index in [1.165, 1.54) is 6.08 Å². The highest BCUT2D eigenvalue weighted by molar-refractivity contribution is 5.33. The molecule has 0 bridgehead atoms. The van der Waals surface area contributed by atoms with Crippen LogP contribution in [0.4, 0.5) is 0 Å². The van der Waals surface area contributed by atoms with Crippen LogP contribution < -0.4 is 0 Å². The second-order valence-electron chi connectivity index (χ2n) is 1.87. The van der Waals surface area contributed by atoms with Crippen molar-refractivity contribution in [2.75, 3.05) is 0 Å². The third kappa shape index (κ3) is 1.30. The van der Waals surface area contributed by atoms with Crippen molar-refractivity contribution in [3.8, 4) is 0 Å². The van der Waals surface area contributed by atoms with Crippen LogP contribution in [0.5, 0.6) is 0 Å². The molecule has 1 heterocycles. The molecule has 52 valence electrons. The first-order chi connectivity index (χ1) is 4.84. The lowest BCUT2D eigenvalue weighted by atomic mass is 10.3. The highest BCUT2D eigenvalue weighted by atomic mass is 16.1.